The van der Waals surface area contributed by atoms with Crippen LogP contribution in [0.2, 0.25) is 0 Å². The number of hydrogen-bond acceptors (Lipinski definition) is 6. The summed E-state index contributed by atoms with van der Waals surface area (Å²) in [6.07, 6.45) is 1.22. The maximum absolute atomic E-state index is 12.9. The van der Waals surface area contributed by atoms with E-state index in [1.165, 1.54) is 25.2 Å². The first kappa shape index (κ1) is 20.9. The quantitative estimate of drug-likeness (QED) is 0.712. The molecular weight excluding hydrogens is 386 g/mol. The molecule has 3 rings (SSSR count). The molecule has 0 aromatic heterocycles. The summed E-state index contributed by atoms with van der Waals surface area (Å²) in [7, 11) is 2.81. The molecule has 0 bridgehead atoms. The van der Waals surface area contributed by atoms with Crippen LogP contribution in [0.3, 0.4) is 0 Å². The van der Waals surface area contributed by atoms with E-state index in [1.807, 2.05) is 13.0 Å². The number of para-hydroxylation sites is 2. The molecule has 2 aromatic carbocycles. The highest BCUT2D eigenvalue weighted by molar-refractivity contribution is 6.10. The highest BCUT2D eigenvalue weighted by Crippen LogP contribution is 2.31. The van der Waals surface area contributed by atoms with Crippen LogP contribution >= 0.6 is 0 Å². The van der Waals surface area contributed by atoms with Gasteiger partial charge in [-0.05, 0) is 36.8 Å². The van der Waals surface area contributed by atoms with Crippen molar-refractivity contribution in [1.29, 1.82) is 0 Å². The summed E-state index contributed by atoms with van der Waals surface area (Å²) in [5.74, 6) is -0.750. The molecule has 0 saturated carbocycles. The Morgan fingerprint density at radius 3 is 2.63 bits per heavy atom. The van der Waals surface area contributed by atoms with Crippen LogP contribution in [0.15, 0.2) is 54.2 Å². The van der Waals surface area contributed by atoms with Crippen molar-refractivity contribution in [1.82, 2.24) is 0 Å². The van der Waals surface area contributed by atoms with Gasteiger partial charge in [0.15, 0.2) is 0 Å². The Hall–Kier alpha value is -3.81. The second-order valence-electron chi connectivity index (χ2n) is 6.74. The molecule has 0 saturated heterocycles. The summed E-state index contributed by atoms with van der Waals surface area (Å²) in [4.78, 5) is 38.6. The number of anilines is 3. The first-order valence-corrected chi connectivity index (χ1v) is 9.30. The van der Waals surface area contributed by atoms with E-state index in [2.05, 4.69) is 15.4 Å². The van der Waals surface area contributed by atoms with Gasteiger partial charge in [0.05, 0.1) is 37.7 Å². The van der Waals surface area contributed by atoms with Gasteiger partial charge in [-0.2, -0.15) is 0 Å². The molecule has 1 aliphatic rings. The Kier molecular flexibility index (Phi) is 6.36. The zero-order chi connectivity index (χ0) is 21.7. The molecule has 8 heteroatoms. The topological polar surface area (TPSA) is 97.0 Å². The van der Waals surface area contributed by atoms with Gasteiger partial charge in [0, 0.05) is 11.8 Å². The molecule has 30 heavy (non-hydrogen) atoms. The van der Waals surface area contributed by atoms with Crippen molar-refractivity contribution in [3.05, 3.63) is 59.8 Å². The smallest absolute Gasteiger partial charge is 0.311 e. The molecule has 156 valence electrons. The van der Waals surface area contributed by atoms with Crippen molar-refractivity contribution in [2.45, 2.75) is 13.3 Å². The summed E-state index contributed by atoms with van der Waals surface area (Å²) in [6.45, 7) is 1.69. The summed E-state index contributed by atoms with van der Waals surface area (Å²) >= 11 is 0. The number of carbonyl (C=O) groups is 3. The maximum atomic E-state index is 12.9. The molecule has 0 atom stereocenters. The number of esters is 1. The number of hydrogen-bond donors (Lipinski definition) is 2. The summed E-state index contributed by atoms with van der Waals surface area (Å²) in [5.41, 5.74) is 3.02. The van der Waals surface area contributed by atoms with Crippen LogP contribution < -0.4 is 20.3 Å². The van der Waals surface area contributed by atoms with Crippen LogP contribution in [0.4, 0.5) is 17.1 Å². The number of ether oxygens (including phenoxy) is 2. The van der Waals surface area contributed by atoms with E-state index in [-0.39, 0.29) is 18.9 Å². The van der Waals surface area contributed by atoms with Crippen LogP contribution in [0.5, 0.6) is 5.75 Å². The van der Waals surface area contributed by atoms with Crippen molar-refractivity contribution in [2.75, 3.05) is 36.3 Å². The van der Waals surface area contributed by atoms with Crippen LogP contribution in [-0.4, -0.2) is 38.5 Å². The number of nitrogens with one attached hydrogen (secondary N) is 2. The third-order valence-corrected chi connectivity index (χ3v) is 4.55. The third kappa shape index (κ3) is 4.78. The van der Waals surface area contributed by atoms with Gasteiger partial charge in [0.25, 0.3) is 5.91 Å². The minimum atomic E-state index is -0.475. The first-order valence-electron chi connectivity index (χ1n) is 9.30. The van der Waals surface area contributed by atoms with Gasteiger partial charge in [-0.3, -0.25) is 19.3 Å². The SMILES string of the molecule is COC(=O)CC1=CC(=O)N(CC(=O)Nc2cc(C)ccc2OC)c2ccccc2N1. The fourth-order valence-electron chi connectivity index (χ4n) is 3.11. The minimum absolute atomic E-state index is 0.0862. The lowest BCUT2D eigenvalue weighted by Crippen LogP contribution is -2.37. The van der Waals surface area contributed by atoms with Crippen molar-refractivity contribution in [3.63, 3.8) is 0 Å². The van der Waals surface area contributed by atoms with Crippen LogP contribution in [0.1, 0.15) is 12.0 Å². The first-order chi connectivity index (χ1) is 14.4. The number of benzene rings is 2. The Morgan fingerprint density at radius 2 is 1.90 bits per heavy atom. The third-order valence-electron chi connectivity index (χ3n) is 4.55. The normalized spacial score (nSPS) is 12.8. The van der Waals surface area contributed by atoms with Gasteiger partial charge in [-0.15, -0.1) is 0 Å². The van der Waals surface area contributed by atoms with E-state index in [4.69, 9.17) is 4.74 Å². The number of amides is 2. The molecule has 0 aliphatic carbocycles. The number of nitrogens with zero attached hydrogens (tertiary/aromatic N) is 1. The van der Waals surface area contributed by atoms with Gasteiger partial charge in [-0.1, -0.05) is 18.2 Å². The second kappa shape index (κ2) is 9.13. The minimum Gasteiger partial charge on any atom is -0.495 e. The average Bonchev–Trinajstić information content (AvgIpc) is 2.84. The second-order valence-corrected chi connectivity index (χ2v) is 6.74. The number of aryl methyl sites for hydroxylation is 1. The zero-order valence-corrected chi connectivity index (χ0v) is 17.0. The molecule has 2 amide bonds. The molecule has 2 aromatic rings. The highest BCUT2D eigenvalue weighted by Gasteiger charge is 2.25. The lowest BCUT2D eigenvalue weighted by molar-refractivity contribution is -0.139. The van der Waals surface area contributed by atoms with E-state index < -0.39 is 11.9 Å². The summed E-state index contributed by atoms with van der Waals surface area (Å²) in [5, 5.41) is 5.88. The summed E-state index contributed by atoms with van der Waals surface area (Å²) in [6, 6.07) is 12.5. The van der Waals surface area contributed by atoms with Crippen molar-refractivity contribution >= 4 is 34.8 Å². The van der Waals surface area contributed by atoms with Gasteiger partial charge in [0.2, 0.25) is 5.91 Å². The van der Waals surface area contributed by atoms with Crippen LogP contribution in [0, 0.1) is 6.92 Å². The van der Waals surface area contributed by atoms with Crippen LogP contribution in [-0.2, 0) is 19.1 Å². The number of rotatable bonds is 6. The van der Waals surface area contributed by atoms with E-state index in [1.54, 1.807) is 36.4 Å². The van der Waals surface area contributed by atoms with Crippen molar-refractivity contribution in [2.24, 2.45) is 0 Å². The molecule has 1 heterocycles. The predicted octanol–water partition coefficient (Wildman–Crippen LogP) is 2.85. The molecule has 2 N–H and O–H groups in total. The molecule has 0 unspecified atom stereocenters. The maximum Gasteiger partial charge on any atom is 0.311 e. The highest BCUT2D eigenvalue weighted by atomic mass is 16.5. The Labute approximate surface area is 174 Å². The fraction of sp³-hybridized carbons (Fsp3) is 0.227. The Morgan fingerprint density at radius 1 is 1.13 bits per heavy atom. The van der Waals surface area contributed by atoms with Gasteiger partial charge in [0.1, 0.15) is 12.3 Å². The average molecular weight is 409 g/mol. The van der Waals surface area contributed by atoms with Gasteiger partial charge < -0.3 is 20.1 Å². The predicted molar refractivity (Wildman–Crippen MR) is 113 cm³/mol. The lowest BCUT2D eigenvalue weighted by atomic mass is 10.2. The standard InChI is InChI=1S/C22H23N3O5/c1-14-8-9-19(29-2)17(10-14)24-20(26)13-25-18-7-5-4-6-16(18)23-15(11-21(25)27)12-22(28)30-3/h4-11,23H,12-13H2,1-3H3,(H,24,26). The van der Waals surface area contributed by atoms with Crippen LogP contribution in [0.25, 0.3) is 0 Å². The molecule has 0 spiro atoms. The number of fused-ring (bicyclic) bond motifs is 1. The van der Waals surface area contributed by atoms with E-state index in [9.17, 15) is 14.4 Å². The van der Waals surface area contributed by atoms with Gasteiger partial charge in [-0.25, -0.2) is 0 Å². The molecule has 0 radical (unpaired) electrons. The fourth-order valence-corrected chi connectivity index (χ4v) is 3.11. The number of carbonyl (C=O) groups excluding carboxylic acids is 3. The lowest BCUT2D eigenvalue weighted by Gasteiger charge is -2.22. The molecule has 8 nitrogen and oxygen atoms in total. The zero-order valence-electron chi connectivity index (χ0n) is 17.0. The molecular formula is C22H23N3O5. The van der Waals surface area contributed by atoms with E-state index >= 15 is 0 Å². The van der Waals surface area contributed by atoms with Gasteiger partial charge >= 0.3 is 5.97 Å². The largest absolute Gasteiger partial charge is 0.495 e. The molecule has 1 aliphatic heterocycles. The van der Waals surface area contributed by atoms with E-state index in [0.717, 1.165) is 5.56 Å². The monoisotopic (exact) mass is 409 g/mol. The van der Waals surface area contributed by atoms with Crippen molar-refractivity contribution < 1.29 is 23.9 Å². The molecule has 0 fully saturated rings. The Bertz CT molecular complexity index is 1020. The Balaban J connectivity index is 1.85. The summed E-state index contributed by atoms with van der Waals surface area (Å²) < 4.78 is 9.98. The van der Waals surface area contributed by atoms with Crippen molar-refractivity contribution in [3.8, 4) is 5.75 Å². The van der Waals surface area contributed by atoms with E-state index in [0.29, 0.717) is 28.5 Å². The number of methoxy groups -OCH3 is 2.